The lowest BCUT2D eigenvalue weighted by Gasteiger charge is -2.32. The van der Waals surface area contributed by atoms with E-state index in [1.165, 1.54) is 18.2 Å². The summed E-state index contributed by atoms with van der Waals surface area (Å²) in [5.41, 5.74) is 1.60. The maximum atomic E-state index is 12.9. The molecule has 182 valence electrons. The minimum atomic E-state index is -4.44. The molecule has 0 atom stereocenters. The summed E-state index contributed by atoms with van der Waals surface area (Å²) in [6.07, 6.45) is -4.44. The number of amides is 2. The highest BCUT2D eigenvalue weighted by atomic mass is 19.4. The highest BCUT2D eigenvalue weighted by molar-refractivity contribution is 5.95. The number of alkyl halides is 3. The molecule has 35 heavy (non-hydrogen) atoms. The first kappa shape index (κ1) is 24.4. The van der Waals surface area contributed by atoms with Crippen LogP contribution in [0.1, 0.15) is 32.0 Å². The zero-order valence-electron chi connectivity index (χ0n) is 19.2. The fourth-order valence-corrected chi connectivity index (χ4v) is 3.83. The third-order valence-electron chi connectivity index (χ3n) is 5.91. The first-order valence-electron chi connectivity index (χ1n) is 11.2. The number of piperazine rings is 1. The van der Waals surface area contributed by atoms with Crippen molar-refractivity contribution in [2.45, 2.75) is 12.7 Å². The van der Waals surface area contributed by atoms with Gasteiger partial charge in [0.25, 0.3) is 11.8 Å². The van der Waals surface area contributed by atoms with Crippen molar-refractivity contribution in [3.63, 3.8) is 0 Å². The predicted octanol–water partition coefficient (Wildman–Crippen LogP) is 4.09. The van der Waals surface area contributed by atoms with E-state index in [0.717, 1.165) is 30.8 Å². The van der Waals surface area contributed by atoms with Crippen LogP contribution in [0.2, 0.25) is 0 Å². The van der Waals surface area contributed by atoms with Gasteiger partial charge in [0.2, 0.25) is 0 Å². The molecular formula is C26H25F3N4O2. The first-order chi connectivity index (χ1) is 16.7. The fraction of sp³-hybridized carbons (Fsp3) is 0.269. The number of likely N-dealkylation sites (N-methyl/N-ethyl adjacent to an activating group) is 1. The Bertz CT molecular complexity index is 1200. The summed E-state index contributed by atoms with van der Waals surface area (Å²) in [6, 6.07) is 16.9. The van der Waals surface area contributed by atoms with Gasteiger partial charge >= 0.3 is 6.18 Å². The molecule has 1 aliphatic rings. The van der Waals surface area contributed by atoms with Gasteiger partial charge in [-0.1, -0.05) is 30.3 Å². The van der Waals surface area contributed by atoms with E-state index in [9.17, 15) is 22.8 Å². The van der Waals surface area contributed by atoms with Crippen LogP contribution in [-0.4, -0.2) is 59.8 Å². The van der Waals surface area contributed by atoms with E-state index in [0.29, 0.717) is 29.9 Å². The topological polar surface area (TPSA) is 65.5 Å². The maximum Gasteiger partial charge on any atom is 0.416 e. The molecule has 2 amide bonds. The summed E-state index contributed by atoms with van der Waals surface area (Å²) in [5.74, 6) is -0.508. The van der Waals surface area contributed by atoms with Crippen molar-refractivity contribution < 1.29 is 22.8 Å². The number of nitrogens with one attached hydrogen (secondary N) is 1. The standard InChI is InChI=1S/C26H25F3N4O2/c1-32-12-14-33(15-13-32)25(35)20-10-8-19(9-11-20)22-6-3-7-23(31-22)24(34)30-17-18-4-2-5-21(16-18)26(27,28)29/h2-11,16H,12-15,17H2,1H3,(H,30,34). The van der Waals surface area contributed by atoms with Crippen molar-refractivity contribution in [2.24, 2.45) is 0 Å². The summed E-state index contributed by atoms with van der Waals surface area (Å²) in [5, 5.41) is 2.61. The summed E-state index contributed by atoms with van der Waals surface area (Å²) >= 11 is 0. The van der Waals surface area contributed by atoms with Gasteiger partial charge in [-0.25, -0.2) is 4.98 Å². The van der Waals surface area contributed by atoms with E-state index in [1.807, 2.05) is 11.9 Å². The van der Waals surface area contributed by atoms with Gasteiger partial charge in [0, 0.05) is 43.9 Å². The quantitative estimate of drug-likeness (QED) is 0.595. The van der Waals surface area contributed by atoms with Crippen molar-refractivity contribution in [1.29, 1.82) is 0 Å². The van der Waals surface area contributed by atoms with Crippen molar-refractivity contribution in [2.75, 3.05) is 33.2 Å². The molecule has 1 aliphatic heterocycles. The lowest BCUT2D eigenvalue weighted by atomic mass is 10.1. The minimum absolute atomic E-state index is 0.0136. The first-order valence-corrected chi connectivity index (χ1v) is 11.2. The summed E-state index contributed by atoms with van der Waals surface area (Å²) < 4.78 is 38.7. The van der Waals surface area contributed by atoms with E-state index < -0.39 is 17.6 Å². The third kappa shape index (κ3) is 6.05. The number of rotatable bonds is 5. The second kappa shape index (κ2) is 10.3. The molecule has 0 radical (unpaired) electrons. The number of halogens is 3. The number of nitrogens with zero attached hydrogens (tertiary/aromatic N) is 3. The van der Waals surface area contributed by atoms with E-state index in [4.69, 9.17) is 0 Å². The molecule has 1 saturated heterocycles. The molecule has 0 aliphatic carbocycles. The molecule has 1 fully saturated rings. The van der Waals surface area contributed by atoms with Crippen LogP contribution in [0.25, 0.3) is 11.3 Å². The molecule has 0 saturated carbocycles. The molecule has 0 unspecified atom stereocenters. The zero-order valence-corrected chi connectivity index (χ0v) is 19.2. The Morgan fingerprint density at radius 1 is 0.943 bits per heavy atom. The number of hydrogen-bond donors (Lipinski definition) is 1. The molecule has 0 spiro atoms. The molecule has 4 rings (SSSR count). The van der Waals surface area contributed by atoms with Gasteiger partial charge in [0.15, 0.2) is 0 Å². The monoisotopic (exact) mass is 482 g/mol. The molecule has 0 bridgehead atoms. The second-order valence-electron chi connectivity index (χ2n) is 8.46. The highest BCUT2D eigenvalue weighted by Crippen LogP contribution is 2.29. The Kier molecular flexibility index (Phi) is 7.16. The van der Waals surface area contributed by atoms with Crippen molar-refractivity contribution >= 4 is 11.8 Å². The number of aromatic nitrogens is 1. The largest absolute Gasteiger partial charge is 0.416 e. The van der Waals surface area contributed by atoms with Crippen molar-refractivity contribution in [3.05, 3.63) is 89.1 Å². The van der Waals surface area contributed by atoms with Crippen LogP contribution in [0.15, 0.2) is 66.7 Å². The Labute approximate surface area is 201 Å². The Hall–Kier alpha value is -3.72. The van der Waals surface area contributed by atoms with E-state index in [1.54, 1.807) is 36.4 Å². The molecule has 6 nitrogen and oxygen atoms in total. The van der Waals surface area contributed by atoms with E-state index >= 15 is 0 Å². The van der Waals surface area contributed by atoms with Gasteiger partial charge in [0.05, 0.1) is 11.3 Å². The predicted molar refractivity (Wildman–Crippen MR) is 126 cm³/mol. The Balaban J connectivity index is 1.41. The molecule has 1 aromatic heterocycles. The second-order valence-corrected chi connectivity index (χ2v) is 8.46. The van der Waals surface area contributed by atoms with E-state index in [-0.39, 0.29) is 18.1 Å². The smallest absolute Gasteiger partial charge is 0.347 e. The number of carbonyl (C=O) groups is 2. The fourth-order valence-electron chi connectivity index (χ4n) is 3.83. The van der Waals surface area contributed by atoms with Gasteiger partial charge in [-0.2, -0.15) is 13.2 Å². The summed E-state index contributed by atoms with van der Waals surface area (Å²) in [6.45, 7) is 3.01. The third-order valence-corrected chi connectivity index (χ3v) is 5.91. The van der Waals surface area contributed by atoms with Gasteiger partial charge < -0.3 is 15.1 Å². The summed E-state index contributed by atoms with van der Waals surface area (Å²) in [7, 11) is 2.03. The summed E-state index contributed by atoms with van der Waals surface area (Å²) in [4.78, 5) is 33.7. The molecule has 1 N–H and O–H groups in total. The number of pyridine rings is 1. The average Bonchev–Trinajstić information content (AvgIpc) is 2.87. The van der Waals surface area contributed by atoms with Crippen LogP contribution in [0, 0.1) is 0 Å². The van der Waals surface area contributed by atoms with E-state index in [2.05, 4.69) is 15.2 Å². The lowest BCUT2D eigenvalue weighted by Crippen LogP contribution is -2.47. The van der Waals surface area contributed by atoms with Crippen LogP contribution in [0.3, 0.4) is 0 Å². The Morgan fingerprint density at radius 2 is 1.63 bits per heavy atom. The van der Waals surface area contributed by atoms with Crippen molar-refractivity contribution in [1.82, 2.24) is 20.1 Å². The van der Waals surface area contributed by atoms with Gasteiger partial charge in [-0.15, -0.1) is 0 Å². The SMILES string of the molecule is CN1CCN(C(=O)c2ccc(-c3cccc(C(=O)NCc4cccc(C(F)(F)F)c4)n3)cc2)CC1. The van der Waals surface area contributed by atoms with Gasteiger partial charge in [-0.3, -0.25) is 9.59 Å². The minimum Gasteiger partial charge on any atom is -0.347 e. The van der Waals surface area contributed by atoms with Crippen LogP contribution in [0.4, 0.5) is 13.2 Å². The van der Waals surface area contributed by atoms with Gasteiger partial charge in [0.1, 0.15) is 5.69 Å². The number of hydrogen-bond acceptors (Lipinski definition) is 4. The van der Waals surface area contributed by atoms with Crippen molar-refractivity contribution in [3.8, 4) is 11.3 Å². The Morgan fingerprint density at radius 3 is 2.31 bits per heavy atom. The molecular weight excluding hydrogens is 457 g/mol. The molecule has 9 heteroatoms. The molecule has 2 aromatic carbocycles. The van der Waals surface area contributed by atoms with Crippen LogP contribution >= 0.6 is 0 Å². The van der Waals surface area contributed by atoms with Crippen LogP contribution < -0.4 is 5.32 Å². The zero-order chi connectivity index (χ0) is 25.0. The number of carbonyl (C=O) groups excluding carboxylic acids is 2. The maximum absolute atomic E-state index is 12.9. The van der Waals surface area contributed by atoms with Crippen LogP contribution in [-0.2, 0) is 12.7 Å². The lowest BCUT2D eigenvalue weighted by molar-refractivity contribution is -0.137. The highest BCUT2D eigenvalue weighted by Gasteiger charge is 2.30. The molecule has 3 aromatic rings. The molecule has 2 heterocycles. The van der Waals surface area contributed by atoms with Gasteiger partial charge in [-0.05, 0) is 49.0 Å². The number of benzene rings is 2. The normalized spacial score (nSPS) is 14.6. The van der Waals surface area contributed by atoms with Crippen LogP contribution in [0.5, 0.6) is 0 Å². The average molecular weight is 483 g/mol.